The normalized spacial score (nSPS) is 34.5. The highest BCUT2D eigenvalue weighted by atomic mass is 16.6. The molecule has 1 saturated heterocycles. The predicted octanol–water partition coefficient (Wildman–Crippen LogP) is 2.27. The topological polar surface area (TPSA) is 89.9 Å². The Morgan fingerprint density at radius 2 is 2.23 bits per heavy atom. The SMILES string of the molecule is C=C1C(=O)O[C@H]2/C=C(\C)[C@@H](O)C/C=C(/C=O)C[C@@H](OC(=O)[C@@H](C)CC)[C@H]12. The first-order chi connectivity index (χ1) is 12.3. The second-order valence-electron chi connectivity index (χ2n) is 6.97. The van der Waals surface area contributed by atoms with Crippen molar-refractivity contribution >= 4 is 18.2 Å². The van der Waals surface area contributed by atoms with Gasteiger partial charge in [-0.15, -0.1) is 0 Å². The molecule has 5 atom stereocenters. The first kappa shape index (κ1) is 20.1. The molecular weight excluding hydrogens is 336 g/mol. The number of aliphatic hydroxyl groups is 1. The molecule has 0 unspecified atom stereocenters. The van der Waals surface area contributed by atoms with Gasteiger partial charge in [-0.2, -0.15) is 0 Å². The summed E-state index contributed by atoms with van der Waals surface area (Å²) in [5.41, 5.74) is 1.24. The maximum absolute atomic E-state index is 12.3. The Kier molecular flexibility index (Phi) is 6.53. The van der Waals surface area contributed by atoms with Crippen molar-refractivity contribution in [2.24, 2.45) is 11.8 Å². The van der Waals surface area contributed by atoms with E-state index in [1.165, 1.54) is 0 Å². The minimum atomic E-state index is -0.780. The maximum atomic E-state index is 12.3. The van der Waals surface area contributed by atoms with Crippen LogP contribution in [-0.2, 0) is 23.9 Å². The van der Waals surface area contributed by atoms with Crippen LogP contribution < -0.4 is 0 Å². The zero-order valence-corrected chi connectivity index (χ0v) is 15.4. The van der Waals surface area contributed by atoms with Crippen LogP contribution >= 0.6 is 0 Å². The smallest absolute Gasteiger partial charge is 0.334 e. The Morgan fingerprint density at radius 3 is 2.85 bits per heavy atom. The number of rotatable bonds is 4. The molecule has 0 saturated carbocycles. The lowest BCUT2D eigenvalue weighted by atomic mass is 9.85. The van der Waals surface area contributed by atoms with Crippen molar-refractivity contribution in [3.63, 3.8) is 0 Å². The fraction of sp³-hybridized carbons (Fsp3) is 0.550. The fourth-order valence-electron chi connectivity index (χ4n) is 3.09. The largest absolute Gasteiger partial charge is 0.461 e. The number of hydrogen-bond donors (Lipinski definition) is 1. The summed E-state index contributed by atoms with van der Waals surface area (Å²) in [5, 5.41) is 10.2. The highest BCUT2D eigenvalue weighted by Gasteiger charge is 2.45. The standard InChI is InChI=1S/C20H26O6/c1-5-11(2)19(23)25-17-9-14(10-21)6-7-15(22)12(3)8-16-18(17)13(4)20(24)26-16/h6,8,10-11,15-18,22H,4-5,7,9H2,1-3H3/b12-8+,14-6+/t11-,15-,16-,17+,18+/m0/s1. The molecule has 6 nitrogen and oxygen atoms in total. The van der Waals surface area contributed by atoms with Crippen LogP contribution in [-0.4, -0.2) is 41.6 Å². The predicted molar refractivity (Wildman–Crippen MR) is 95.0 cm³/mol. The van der Waals surface area contributed by atoms with E-state index in [1.54, 1.807) is 26.0 Å². The third kappa shape index (κ3) is 4.30. The summed E-state index contributed by atoms with van der Waals surface area (Å²) in [7, 11) is 0. The molecule has 1 N–H and O–H groups in total. The first-order valence-corrected chi connectivity index (χ1v) is 8.89. The van der Waals surface area contributed by atoms with Crippen LogP contribution in [0.15, 0.2) is 35.5 Å². The Labute approximate surface area is 153 Å². The van der Waals surface area contributed by atoms with E-state index in [9.17, 15) is 19.5 Å². The molecule has 0 amide bonds. The third-order valence-corrected chi connectivity index (χ3v) is 5.09. The average molecular weight is 362 g/mol. The summed E-state index contributed by atoms with van der Waals surface area (Å²) in [4.78, 5) is 35.8. The highest BCUT2D eigenvalue weighted by Crippen LogP contribution is 2.36. The van der Waals surface area contributed by atoms with E-state index in [0.29, 0.717) is 23.9 Å². The van der Waals surface area contributed by atoms with Gasteiger partial charge in [-0.25, -0.2) is 4.79 Å². The van der Waals surface area contributed by atoms with Gasteiger partial charge in [0, 0.05) is 12.0 Å². The molecule has 142 valence electrons. The zero-order chi connectivity index (χ0) is 19.4. The van der Waals surface area contributed by atoms with E-state index < -0.39 is 30.2 Å². The molecule has 0 aromatic rings. The molecule has 1 fully saturated rings. The monoisotopic (exact) mass is 362 g/mol. The quantitative estimate of drug-likeness (QED) is 0.357. The van der Waals surface area contributed by atoms with Crippen molar-refractivity contribution < 1.29 is 29.0 Å². The fourth-order valence-corrected chi connectivity index (χ4v) is 3.09. The van der Waals surface area contributed by atoms with Crippen LogP contribution in [0.3, 0.4) is 0 Å². The van der Waals surface area contributed by atoms with Crippen molar-refractivity contribution in [1.29, 1.82) is 0 Å². The van der Waals surface area contributed by atoms with Gasteiger partial charge in [-0.3, -0.25) is 9.59 Å². The summed E-state index contributed by atoms with van der Waals surface area (Å²) in [5.74, 6) is -1.83. The number of carbonyl (C=O) groups is 3. The number of esters is 2. The maximum Gasteiger partial charge on any atom is 0.334 e. The number of aliphatic hydroxyl groups excluding tert-OH is 1. The third-order valence-electron chi connectivity index (χ3n) is 5.09. The molecule has 0 radical (unpaired) electrons. The molecular formula is C20H26O6. The van der Waals surface area contributed by atoms with Crippen LogP contribution in [0.1, 0.15) is 40.0 Å². The summed E-state index contributed by atoms with van der Waals surface area (Å²) < 4.78 is 11.0. The van der Waals surface area contributed by atoms with Crippen molar-refractivity contribution in [3.8, 4) is 0 Å². The minimum absolute atomic E-state index is 0.141. The summed E-state index contributed by atoms with van der Waals surface area (Å²) in [6, 6.07) is 0. The molecule has 0 spiro atoms. The molecule has 0 aromatic carbocycles. The van der Waals surface area contributed by atoms with Gasteiger partial charge in [0.1, 0.15) is 18.5 Å². The van der Waals surface area contributed by atoms with E-state index in [2.05, 4.69) is 6.58 Å². The van der Waals surface area contributed by atoms with Crippen LogP contribution in [0.5, 0.6) is 0 Å². The Balaban J connectivity index is 2.43. The van der Waals surface area contributed by atoms with Gasteiger partial charge in [0.15, 0.2) is 0 Å². The molecule has 2 rings (SSSR count). The van der Waals surface area contributed by atoms with Gasteiger partial charge in [-0.05, 0) is 37.0 Å². The van der Waals surface area contributed by atoms with Gasteiger partial charge in [0.25, 0.3) is 0 Å². The Bertz CT molecular complexity index is 659. The summed E-state index contributed by atoms with van der Waals surface area (Å²) in [6.45, 7) is 9.18. The van der Waals surface area contributed by atoms with Crippen LogP contribution in [0.25, 0.3) is 0 Å². The molecule has 2 aliphatic rings. The number of carbonyl (C=O) groups excluding carboxylic acids is 3. The van der Waals surface area contributed by atoms with Crippen LogP contribution in [0.4, 0.5) is 0 Å². The Hall–Kier alpha value is -2.21. The summed E-state index contributed by atoms with van der Waals surface area (Å²) in [6.07, 6.45) is 2.81. The van der Waals surface area contributed by atoms with E-state index in [4.69, 9.17) is 9.47 Å². The highest BCUT2D eigenvalue weighted by molar-refractivity contribution is 5.91. The lowest BCUT2D eigenvalue weighted by Crippen LogP contribution is -2.35. The minimum Gasteiger partial charge on any atom is -0.461 e. The molecule has 1 aliphatic heterocycles. The van der Waals surface area contributed by atoms with Crippen molar-refractivity contribution in [2.75, 3.05) is 0 Å². The second kappa shape index (κ2) is 8.45. The molecule has 1 heterocycles. The summed E-state index contributed by atoms with van der Waals surface area (Å²) >= 11 is 0. The van der Waals surface area contributed by atoms with E-state index in [-0.39, 0.29) is 30.3 Å². The van der Waals surface area contributed by atoms with E-state index in [1.807, 2.05) is 6.92 Å². The van der Waals surface area contributed by atoms with Crippen molar-refractivity contribution in [1.82, 2.24) is 0 Å². The molecule has 6 heteroatoms. The zero-order valence-electron chi connectivity index (χ0n) is 15.4. The first-order valence-electron chi connectivity index (χ1n) is 8.89. The van der Waals surface area contributed by atoms with Gasteiger partial charge >= 0.3 is 11.9 Å². The molecule has 0 bridgehead atoms. The van der Waals surface area contributed by atoms with Crippen molar-refractivity contribution in [2.45, 2.75) is 58.3 Å². The van der Waals surface area contributed by atoms with Crippen molar-refractivity contribution in [3.05, 3.63) is 35.5 Å². The lowest BCUT2D eigenvalue weighted by molar-refractivity contribution is -0.156. The second-order valence-corrected chi connectivity index (χ2v) is 6.97. The molecule has 26 heavy (non-hydrogen) atoms. The number of ether oxygens (including phenoxy) is 2. The molecule has 1 aliphatic carbocycles. The van der Waals surface area contributed by atoms with Gasteiger partial charge in [0.2, 0.25) is 0 Å². The van der Waals surface area contributed by atoms with E-state index >= 15 is 0 Å². The molecule has 0 aromatic heterocycles. The van der Waals surface area contributed by atoms with Crippen LogP contribution in [0, 0.1) is 11.8 Å². The number of fused-ring (bicyclic) bond motifs is 1. The van der Waals surface area contributed by atoms with Gasteiger partial charge in [-0.1, -0.05) is 26.5 Å². The lowest BCUT2D eigenvalue weighted by Gasteiger charge is -2.28. The van der Waals surface area contributed by atoms with E-state index in [0.717, 1.165) is 0 Å². The average Bonchev–Trinajstić information content (AvgIpc) is 2.89. The number of aldehydes is 1. The Morgan fingerprint density at radius 1 is 1.54 bits per heavy atom. The van der Waals surface area contributed by atoms with Crippen LogP contribution in [0.2, 0.25) is 0 Å². The number of hydrogen-bond acceptors (Lipinski definition) is 6. The van der Waals surface area contributed by atoms with Gasteiger partial charge < -0.3 is 14.6 Å². The van der Waals surface area contributed by atoms with Gasteiger partial charge in [0.05, 0.1) is 17.9 Å².